The van der Waals surface area contributed by atoms with Crippen LogP contribution in [0.1, 0.15) is 47.5 Å². The van der Waals surface area contributed by atoms with Crippen LogP contribution in [-0.2, 0) is 4.74 Å². The number of allylic oxidation sites excluding steroid dienone is 4. The first kappa shape index (κ1) is 20.7. The molecule has 0 saturated heterocycles. The summed E-state index contributed by atoms with van der Waals surface area (Å²) in [5, 5.41) is 16.6. The maximum atomic E-state index is 12.1. The number of rotatable bonds is 8. The van der Waals surface area contributed by atoms with E-state index >= 15 is 0 Å². The van der Waals surface area contributed by atoms with Crippen LogP contribution in [0.25, 0.3) is 0 Å². The second-order valence-electron chi connectivity index (χ2n) is 7.92. The molecule has 24 heavy (non-hydrogen) atoms. The minimum atomic E-state index is -0.657. The van der Waals surface area contributed by atoms with Crippen molar-refractivity contribution in [3.05, 3.63) is 24.3 Å². The predicted molar refractivity (Wildman–Crippen MR) is 97.9 cm³/mol. The molecule has 0 aromatic carbocycles. The normalized spacial score (nSPS) is 20.0. The average molecular weight is 338 g/mol. The Morgan fingerprint density at radius 2 is 2.00 bits per heavy atom. The highest BCUT2D eigenvalue weighted by atomic mass is 16.6. The molecule has 0 aromatic rings. The smallest absolute Gasteiger partial charge is 0.407 e. The summed E-state index contributed by atoms with van der Waals surface area (Å²) in [5.74, 6) is 0.829. The van der Waals surface area contributed by atoms with Gasteiger partial charge in [0.15, 0.2) is 0 Å². The number of aliphatic hydroxyl groups is 1. The lowest BCUT2D eigenvalue weighted by Crippen LogP contribution is -2.49. The Morgan fingerprint density at radius 3 is 2.54 bits per heavy atom. The van der Waals surface area contributed by atoms with Gasteiger partial charge in [0.2, 0.25) is 0 Å². The summed E-state index contributed by atoms with van der Waals surface area (Å²) in [6, 6.07) is -0.347. The molecule has 3 atom stereocenters. The van der Waals surface area contributed by atoms with Crippen LogP contribution in [-0.4, -0.2) is 42.0 Å². The summed E-state index contributed by atoms with van der Waals surface area (Å²) in [5.41, 5.74) is -0.553. The van der Waals surface area contributed by atoms with Gasteiger partial charge in [-0.3, -0.25) is 0 Å². The average Bonchev–Trinajstić information content (AvgIpc) is 2.45. The Labute approximate surface area is 146 Å². The molecule has 5 nitrogen and oxygen atoms in total. The van der Waals surface area contributed by atoms with Gasteiger partial charge in [-0.15, -0.1) is 0 Å². The number of aliphatic hydroxyl groups excluding tert-OH is 1. The van der Waals surface area contributed by atoms with E-state index in [1.807, 2.05) is 32.9 Å². The Morgan fingerprint density at radius 1 is 1.29 bits per heavy atom. The summed E-state index contributed by atoms with van der Waals surface area (Å²) in [6.07, 6.45) is 8.74. The minimum absolute atomic E-state index is 0.315. The Balaban J connectivity index is 2.61. The molecule has 0 heterocycles. The van der Waals surface area contributed by atoms with E-state index < -0.39 is 17.8 Å². The number of carbonyl (C=O) groups excluding carboxylic acids is 1. The summed E-state index contributed by atoms with van der Waals surface area (Å²) in [7, 11) is 0. The summed E-state index contributed by atoms with van der Waals surface area (Å²) in [6.45, 7) is 11.0. The molecule has 5 heteroatoms. The lowest BCUT2D eigenvalue weighted by molar-refractivity contribution is 0.0404. The SMILES string of the molecule is CC(C)CNC[C@@H](O)C(CC1C=CC=CC1)NC(=O)OC(C)(C)C. The maximum absolute atomic E-state index is 12.1. The van der Waals surface area contributed by atoms with E-state index in [4.69, 9.17) is 4.74 Å². The van der Waals surface area contributed by atoms with Crippen LogP contribution < -0.4 is 10.6 Å². The van der Waals surface area contributed by atoms with Crippen LogP contribution in [0.4, 0.5) is 4.79 Å². The van der Waals surface area contributed by atoms with Crippen molar-refractivity contribution in [1.82, 2.24) is 10.6 Å². The molecule has 1 aliphatic carbocycles. The molecule has 1 rings (SSSR count). The number of hydrogen-bond acceptors (Lipinski definition) is 4. The van der Waals surface area contributed by atoms with E-state index in [0.29, 0.717) is 24.8 Å². The third kappa shape index (κ3) is 9.08. The van der Waals surface area contributed by atoms with Gasteiger partial charge in [-0.2, -0.15) is 0 Å². The van der Waals surface area contributed by atoms with Gasteiger partial charge >= 0.3 is 6.09 Å². The molecule has 3 N–H and O–H groups in total. The van der Waals surface area contributed by atoms with Gasteiger partial charge in [-0.05, 0) is 52.0 Å². The van der Waals surface area contributed by atoms with Crippen LogP contribution in [0.3, 0.4) is 0 Å². The second kappa shape index (κ2) is 9.84. The molecule has 0 spiro atoms. The van der Waals surface area contributed by atoms with Crippen molar-refractivity contribution in [2.24, 2.45) is 11.8 Å². The van der Waals surface area contributed by atoms with E-state index in [0.717, 1.165) is 13.0 Å². The molecule has 0 aromatic heterocycles. The van der Waals surface area contributed by atoms with Crippen LogP contribution in [0.5, 0.6) is 0 Å². The van der Waals surface area contributed by atoms with E-state index in [1.54, 1.807) is 0 Å². The molecule has 0 bridgehead atoms. The van der Waals surface area contributed by atoms with Gasteiger partial charge in [0, 0.05) is 6.54 Å². The lowest BCUT2D eigenvalue weighted by Gasteiger charge is -2.29. The van der Waals surface area contributed by atoms with Gasteiger partial charge in [-0.1, -0.05) is 38.2 Å². The zero-order valence-electron chi connectivity index (χ0n) is 15.7. The van der Waals surface area contributed by atoms with E-state index in [2.05, 4.69) is 36.6 Å². The van der Waals surface area contributed by atoms with Crippen LogP contribution in [0.2, 0.25) is 0 Å². The fourth-order valence-corrected chi connectivity index (χ4v) is 2.57. The van der Waals surface area contributed by atoms with Crippen molar-refractivity contribution in [3.8, 4) is 0 Å². The van der Waals surface area contributed by atoms with Gasteiger partial charge in [0.1, 0.15) is 5.60 Å². The summed E-state index contributed by atoms with van der Waals surface area (Å²) < 4.78 is 5.34. The van der Waals surface area contributed by atoms with Crippen molar-refractivity contribution in [2.45, 2.75) is 65.2 Å². The highest BCUT2D eigenvalue weighted by molar-refractivity contribution is 5.68. The minimum Gasteiger partial charge on any atom is -0.444 e. The highest BCUT2D eigenvalue weighted by Gasteiger charge is 2.26. The number of amides is 1. The zero-order valence-corrected chi connectivity index (χ0v) is 15.7. The first-order chi connectivity index (χ1) is 11.2. The fraction of sp³-hybridized carbons (Fsp3) is 0.737. The van der Waals surface area contributed by atoms with Crippen LogP contribution >= 0.6 is 0 Å². The third-order valence-electron chi connectivity index (χ3n) is 3.70. The quantitative estimate of drug-likeness (QED) is 0.636. The maximum Gasteiger partial charge on any atom is 0.407 e. The van der Waals surface area contributed by atoms with Crippen LogP contribution in [0, 0.1) is 11.8 Å². The number of ether oxygens (including phenoxy) is 1. The first-order valence-corrected chi connectivity index (χ1v) is 8.89. The van der Waals surface area contributed by atoms with Gasteiger partial charge in [-0.25, -0.2) is 4.79 Å². The second-order valence-corrected chi connectivity index (χ2v) is 7.92. The Hall–Kier alpha value is -1.33. The third-order valence-corrected chi connectivity index (χ3v) is 3.70. The van der Waals surface area contributed by atoms with E-state index in [1.165, 1.54) is 0 Å². The molecule has 138 valence electrons. The van der Waals surface area contributed by atoms with Gasteiger partial charge in [0.25, 0.3) is 0 Å². The monoisotopic (exact) mass is 338 g/mol. The van der Waals surface area contributed by atoms with Crippen molar-refractivity contribution in [3.63, 3.8) is 0 Å². The molecule has 0 saturated carbocycles. The van der Waals surface area contributed by atoms with E-state index in [-0.39, 0.29) is 6.04 Å². The molecular weight excluding hydrogens is 304 g/mol. The number of nitrogens with one attached hydrogen (secondary N) is 2. The number of hydrogen-bond donors (Lipinski definition) is 3. The molecule has 1 amide bonds. The molecule has 2 unspecified atom stereocenters. The van der Waals surface area contributed by atoms with Crippen molar-refractivity contribution in [1.29, 1.82) is 0 Å². The first-order valence-electron chi connectivity index (χ1n) is 8.89. The highest BCUT2D eigenvalue weighted by Crippen LogP contribution is 2.19. The molecule has 1 aliphatic rings. The van der Waals surface area contributed by atoms with Gasteiger partial charge < -0.3 is 20.5 Å². The topological polar surface area (TPSA) is 70.6 Å². The van der Waals surface area contributed by atoms with Crippen molar-refractivity contribution in [2.75, 3.05) is 13.1 Å². The largest absolute Gasteiger partial charge is 0.444 e. The predicted octanol–water partition coefficient (Wildman–Crippen LogP) is 3.01. The van der Waals surface area contributed by atoms with Crippen molar-refractivity contribution < 1.29 is 14.6 Å². The summed E-state index contributed by atoms with van der Waals surface area (Å²) >= 11 is 0. The standard InChI is InChI=1S/C19H34N2O3/c1-14(2)12-20-13-17(22)16(11-15-9-7-6-8-10-15)21-18(23)24-19(3,4)5/h6-9,14-17,20,22H,10-13H2,1-5H3,(H,21,23)/t15?,16?,17-/m1/s1. The lowest BCUT2D eigenvalue weighted by atomic mass is 9.91. The van der Waals surface area contributed by atoms with Crippen molar-refractivity contribution >= 4 is 6.09 Å². The number of carbonyl (C=O) groups is 1. The molecule has 0 aliphatic heterocycles. The fourth-order valence-electron chi connectivity index (χ4n) is 2.57. The summed E-state index contributed by atoms with van der Waals surface area (Å²) in [4.78, 5) is 12.1. The Bertz CT molecular complexity index is 438. The Kier molecular flexibility index (Phi) is 8.50. The van der Waals surface area contributed by atoms with Gasteiger partial charge in [0.05, 0.1) is 12.1 Å². The molecule has 0 radical (unpaired) electrons. The van der Waals surface area contributed by atoms with Crippen LogP contribution in [0.15, 0.2) is 24.3 Å². The molecule has 0 fully saturated rings. The zero-order chi connectivity index (χ0) is 18.2. The molecular formula is C19H34N2O3. The number of alkyl carbamates (subject to hydrolysis) is 1. The van der Waals surface area contributed by atoms with E-state index in [9.17, 15) is 9.90 Å².